The van der Waals surface area contributed by atoms with Crippen molar-refractivity contribution in [2.24, 2.45) is 0 Å². The zero-order valence-electron chi connectivity index (χ0n) is 14.2. The van der Waals surface area contributed by atoms with Crippen LogP contribution >= 0.6 is 0 Å². The van der Waals surface area contributed by atoms with Crippen molar-refractivity contribution in [3.8, 4) is 0 Å². The van der Waals surface area contributed by atoms with E-state index in [9.17, 15) is 9.59 Å². The highest BCUT2D eigenvalue weighted by molar-refractivity contribution is 6.71. The molecule has 0 unspecified atom stereocenters. The van der Waals surface area contributed by atoms with Crippen LogP contribution < -0.4 is 0 Å². The van der Waals surface area contributed by atoms with Crippen molar-refractivity contribution in [1.82, 2.24) is 0 Å². The average Bonchev–Trinajstić information content (AvgIpc) is 2.42. The van der Waals surface area contributed by atoms with Gasteiger partial charge in [-0.2, -0.15) is 0 Å². The predicted octanol–water partition coefficient (Wildman–Crippen LogP) is 3.23. The van der Waals surface area contributed by atoms with Crippen molar-refractivity contribution in [1.29, 1.82) is 0 Å². The van der Waals surface area contributed by atoms with Gasteiger partial charge in [-0.25, -0.2) is 9.59 Å². The minimum Gasteiger partial charge on any atom is -0.462 e. The molecule has 0 spiro atoms. The first-order valence-electron chi connectivity index (χ1n) is 7.45. The fraction of sp³-hybridized carbons (Fsp3) is 0.625. The number of carbonyl (C=O) groups is 2. The van der Waals surface area contributed by atoms with Gasteiger partial charge in [0.2, 0.25) is 0 Å². The molecule has 0 aromatic heterocycles. The van der Waals surface area contributed by atoms with E-state index in [0.717, 1.165) is 12.5 Å². The summed E-state index contributed by atoms with van der Waals surface area (Å²) in [6.07, 6.45) is 1.45. The van der Waals surface area contributed by atoms with Crippen LogP contribution in [0.3, 0.4) is 0 Å². The lowest BCUT2D eigenvalue weighted by molar-refractivity contribution is -0.140. The van der Waals surface area contributed by atoms with Gasteiger partial charge in [0.25, 0.3) is 0 Å². The van der Waals surface area contributed by atoms with E-state index in [1.165, 1.54) is 0 Å². The summed E-state index contributed by atoms with van der Waals surface area (Å²) < 4.78 is 15.9. The second-order valence-electron chi connectivity index (χ2n) is 5.90. The van der Waals surface area contributed by atoms with Gasteiger partial charge in [-0.1, -0.05) is 13.2 Å². The first kappa shape index (κ1) is 20.6. The number of carbonyl (C=O) groups excluding carboxylic acids is 2. The van der Waals surface area contributed by atoms with E-state index < -0.39 is 8.32 Å². The van der Waals surface area contributed by atoms with Gasteiger partial charge in [0.15, 0.2) is 8.32 Å². The summed E-state index contributed by atoms with van der Waals surface area (Å²) in [5, 5.41) is 0. The van der Waals surface area contributed by atoms with Crippen molar-refractivity contribution in [3.63, 3.8) is 0 Å². The molecule has 0 aliphatic rings. The minimum absolute atomic E-state index is 0.340. The number of hydrogen-bond acceptors (Lipinski definition) is 5. The van der Waals surface area contributed by atoms with Gasteiger partial charge in [-0.15, -0.1) is 0 Å². The molecule has 0 saturated carbocycles. The van der Waals surface area contributed by atoms with Crippen LogP contribution in [0, 0.1) is 0 Å². The van der Waals surface area contributed by atoms with Gasteiger partial charge in [0.1, 0.15) is 0 Å². The van der Waals surface area contributed by atoms with Crippen LogP contribution in [-0.4, -0.2) is 40.1 Å². The third-order valence-corrected chi connectivity index (χ3v) is 5.41. The molecule has 0 atom stereocenters. The molecule has 0 bridgehead atoms. The maximum Gasteiger partial charge on any atom is 0.333 e. The van der Waals surface area contributed by atoms with Gasteiger partial charge in [0, 0.05) is 24.2 Å². The lowest BCUT2D eigenvalue weighted by Gasteiger charge is -2.22. The monoisotopic (exact) mass is 328 g/mol. The molecule has 0 rings (SSSR count). The second-order valence-corrected chi connectivity index (χ2v) is 10.2. The third kappa shape index (κ3) is 10.3. The maximum absolute atomic E-state index is 11.2. The van der Waals surface area contributed by atoms with Crippen LogP contribution in [0.4, 0.5) is 0 Å². The Kier molecular flexibility index (Phi) is 9.68. The zero-order valence-corrected chi connectivity index (χ0v) is 15.2. The summed E-state index contributed by atoms with van der Waals surface area (Å²) in [5.41, 5.74) is 0.817. The third-order valence-electron chi connectivity index (χ3n) is 2.87. The molecular weight excluding hydrogens is 300 g/mol. The molecule has 0 aliphatic carbocycles. The van der Waals surface area contributed by atoms with Crippen LogP contribution in [0.1, 0.15) is 26.7 Å². The summed E-state index contributed by atoms with van der Waals surface area (Å²) in [7, 11) is -1.77. The Bertz CT molecular complexity index is 415. The molecule has 6 heteroatoms. The Morgan fingerprint density at radius 3 is 1.77 bits per heavy atom. The van der Waals surface area contributed by atoms with Crippen LogP contribution in [0.15, 0.2) is 24.3 Å². The first-order chi connectivity index (χ1) is 10.2. The molecule has 0 N–H and O–H groups in total. The summed E-state index contributed by atoms with van der Waals surface area (Å²) in [5.74, 6) is -0.712. The topological polar surface area (TPSA) is 61.8 Å². The number of rotatable bonds is 11. The normalized spacial score (nSPS) is 10.9. The van der Waals surface area contributed by atoms with E-state index in [0.29, 0.717) is 37.4 Å². The summed E-state index contributed by atoms with van der Waals surface area (Å²) in [6, 6.07) is 0.905. The molecule has 126 valence electrons. The van der Waals surface area contributed by atoms with Gasteiger partial charge >= 0.3 is 11.9 Å². The Balaban J connectivity index is 3.73. The highest BCUT2D eigenvalue weighted by Crippen LogP contribution is 2.14. The number of ether oxygens (including phenoxy) is 2. The van der Waals surface area contributed by atoms with E-state index in [-0.39, 0.29) is 11.9 Å². The minimum atomic E-state index is -1.77. The van der Waals surface area contributed by atoms with E-state index >= 15 is 0 Å². The highest BCUT2D eigenvalue weighted by atomic mass is 28.4. The first-order valence-corrected chi connectivity index (χ1v) is 10.6. The number of hydrogen-bond donors (Lipinski definition) is 0. The Morgan fingerprint density at radius 2 is 1.32 bits per heavy atom. The van der Waals surface area contributed by atoms with E-state index in [1.807, 2.05) is 0 Å². The molecule has 22 heavy (non-hydrogen) atoms. The number of esters is 2. The molecule has 0 aliphatic heterocycles. The van der Waals surface area contributed by atoms with Crippen molar-refractivity contribution in [2.75, 3.05) is 19.8 Å². The Hall–Kier alpha value is -1.40. The lowest BCUT2D eigenvalue weighted by atomic mass is 10.4. The van der Waals surface area contributed by atoms with Crippen molar-refractivity contribution in [2.45, 2.75) is 45.8 Å². The molecule has 0 aromatic rings. The van der Waals surface area contributed by atoms with Gasteiger partial charge in [0.05, 0.1) is 13.2 Å². The fourth-order valence-electron chi connectivity index (χ4n) is 1.55. The second kappa shape index (κ2) is 10.3. The SMILES string of the molecule is C=C(C)C(=O)OCCCO[Si](C)(C)CCCOC(=O)C(=C)C. The standard InChI is InChI=1S/C16H28O5Si/c1-13(2)15(17)19-9-7-11-21-22(5,6)12-8-10-20-16(18)14(3)4/h1,3,7-12H2,2,4-6H3. The van der Waals surface area contributed by atoms with Gasteiger partial charge in [-0.05, 0) is 39.4 Å². The van der Waals surface area contributed by atoms with Crippen molar-refractivity contribution in [3.05, 3.63) is 24.3 Å². The summed E-state index contributed by atoms with van der Waals surface area (Å²) >= 11 is 0. The van der Waals surface area contributed by atoms with Crippen LogP contribution in [0.25, 0.3) is 0 Å². The summed E-state index contributed by atoms with van der Waals surface area (Å²) in [4.78, 5) is 22.4. The van der Waals surface area contributed by atoms with E-state index in [4.69, 9.17) is 13.9 Å². The van der Waals surface area contributed by atoms with E-state index in [2.05, 4.69) is 26.3 Å². The fourth-order valence-corrected chi connectivity index (χ4v) is 3.39. The van der Waals surface area contributed by atoms with Gasteiger partial charge < -0.3 is 13.9 Å². The summed E-state index contributed by atoms with van der Waals surface area (Å²) in [6.45, 7) is 15.8. The zero-order chi connectivity index (χ0) is 17.2. The molecule has 0 radical (unpaired) electrons. The smallest absolute Gasteiger partial charge is 0.333 e. The molecule has 0 amide bonds. The lowest BCUT2D eigenvalue weighted by Crippen LogP contribution is -2.31. The Labute approximate surface area is 134 Å². The van der Waals surface area contributed by atoms with Crippen LogP contribution in [0.5, 0.6) is 0 Å². The molecular formula is C16H28O5Si. The molecule has 5 nitrogen and oxygen atoms in total. The molecule has 0 heterocycles. The largest absolute Gasteiger partial charge is 0.462 e. The van der Waals surface area contributed by atoms with E-state index in [1.54, 1.807) is 13.8 Å². The predicted molar refractivity (Wildman–Crippen MR) is 89.0 cm³/mol. The molecule has 0 aromatic carbocycles. The molecule has 0 saturated heterocycles. The van der Waals surface area contributed by atoms with Crippen molar-refractivity contribution >= 4 is 20.3 Å². The Morgan fingerprint density at radius 1 is 0.864 bits per heavy atom. The maximum atomic E-state index is 11.2. The van der Waals surface area contributed by atoms with Gasteiger partial charge in [-0.3, -0.25) is 0 Å². The van der Waals surface area contributed by atoms with Crippen molar-refractivity contribution < 1.29 is 23.5 Å². The quantitative estimate of drug-likeness (QED) is 0.252. The van der Waals surface area contributed by atoms with Crippen LogP contribution in [0.2, 0.25) is 19.1 Å². The highest BCUT2D eigenvalue weighted by Gasteiger charge is 2.21. The molecule has 0 fully saturated rings. The van der Waals surface area contributed by atoms with Crippen LogP contribution in [-0.2, 0) is 23.5 Å². The average molecular weight is 328 g/mol.